The van der Waals surface area contributed by atoms with Crippen LogP contribution in [-0.4, -0.2) is 29.4 Å². The second kappa shape index (κ2) is 8.83. The fourth-order valence-electron chi connectivity index (χ4n) is 4.10. The fourth-order valence-corrected chi connectivity index (χ4v) is 4.10. The highest BCUT2D eigenvalue weighted by atomic mass is 19.1. The van der Waals surface area contributed by atoms with Gasteiger partial charge in [-0.2, -0.15) is 0 Å². The highest BCUT2D eigenvalue weighted by Crippen LogP contribution is 2.33. The molecule has 0 aromatic heterocycles. The first kappa shape index (κ1) is 21.6. The molecule has 0 fully saturated rings. The Labute approximate surface area is 186 Å². The second-order valence-electron chi connectivity index (χ2n) is 8.16. The molecule has 3 aromatic rings. The summed E-state index contributed by atoms with van der Waals surface area (Å²) in [6.07, 6.45) is 0.389. The summed E-state index contributed by atoms with van der Waals surface area (Å²) in [6, 6.07) is 20.8. The maximum Gasteiger partial charge on any atom is 0.255 e. The molecule has 0 spiro atoms. The predicted molar refractivity (Wildman–Crippen MR) is 120 cm³/mol. The molecule has 1 aliphatic rings. The van der Waals surface area contributed by atoms with Crippen molar-refractivity contribution >= 4 is 11.8 Å². The average molecular weight is 432 g/mol. The third kappa shape index (κ3) is 4.21. The monoisotopic (exact) mass is 432 g/mol. The highest BCUT2D eigenvalue weighted by molar-refractivity contribution is 6.02. The van der Waals surface area contributed by atoms with Gasteiger partial charge >= 0.3 is 0 Å². The first-order valence-electron chi connectivity index (χ1n) is 10.5. The Bertz CT molecular complexity index is 1150. The third-order valence-corrected chi connectivity index (χ3v) is 5.95. The van der Waals surface area contributed by atoms with Crippen molar-refractivity contribution in [3.05, 3.63) is 101 Å². The normalized spacial score (nSPS) is 17.6. The van der Waals surface area contributed by atoms with E-state index in [1.807, 2.05) is 42.5 Å². The minimum atomic E-state index is -1.10. The number of carbonyl (C=O) groups is 2. The molecule has 1 unspecified atom stereocenters. The molecule has 1 heterocycles. The molecule has 3 aromatic carbocycles. The zero-order chi connectivity index (χ0) is 22.7. The van der Waals surface area contributed by atoms with Gasteiger partial charge < -0.3 is 15.0 Å². The summed E-state index contributed by atoms with van der Waals surface area (Å²) in [7, 11) is 1.59. The van der Waals surface area contributed by atoms with Crippen molar-refractivity contribution in [2.75, 3.05) is 7.11 Å². The average Bonchev–Trinajstić information content (AvgIpc) is 2.81. The standard InChI is InChI=1S/C26H25FN2O3/c1-26(25(31)28-16-19-6-5-8-22(14-19)32-2)15-20-7-3-4-9-23(20)24(30)29(26)17-18-10-12-21(27)13-11-18/h3-14H,15-17H2,1-2H3,(H,28,31). The Morgan fingerprint density at radius 2 is 1.81 bits per heavy atom. The highest BCUT2D eigenvalue weighted by Gasteiger charge is 2.46. The molecule has 1 aliphatic heterocycles. The van der Waals surface area contributed by atoms with Crippen LogP contribution in [0, 0.1) is 5.82 Å². The zero-order valence-corrected chi connectivity index (χ0v) is 18.1. The fraction of sp³-hybridized carbons (Fsp3) is 0.231. The number of hydrogen-bond donors (Lipinski definition) is 1. The molecule has 0 radical (unpaired) electrons. The number of halogens is 1. The molecule has 0 bridgehead atoms. The number of benzene rings is 3. The number of fused-ring (bicyclic) bond motifs is 1. The largest absolute Gasteiger partial charge is 0.497 e. The molecule has 0 aliphatic carbocycles. The lowest BCUT2D eigenvalue weighted by Crippen LogP contribution is -2.62. The van der Waals surface area contributed by atoms with Crippen LogP contribution >= 0.6 is 0 Å². The SMILES string of the molecule is COc1cccc(CNC(=O)C2(C)Cc3ccccc3C(=O)N2Cc2ccc(F)cc2)c1. The molecule has 0 saturated carbocycles. The third-order valence-electron chi connectivity index (χ3n) is 5.95. The molecular weight excluding hydrogens is 407 g/mol. The minimum Gasteiger partial charge on any atom is -0.497 e. The molecular formula is C26H25FN2O3. The summed E-state index contributed by atoms with van der Waals surface area (Å²) < 4.78 is 18.6. The Morgan fingerprint density at radius 1 is 1.06 bits per heavy atom. The summed E-state index contributed by atoms with van der Waals surface area (Å²) in [5.41, 5.74) is 1.98. The van der Waals surface area contributed by atoms with Crippen LogP contribution in [0.25, 0.3) is 0 Å². The molecule has 1 atom stereocenters. The maximum atomic E-state index is 13.5. The molecule has 0 saturated heterocycles. The van der Waals surface area contributed by atoms with Crippen LogP contribution in [-0.2, 0) is 24.3 Å². The number of hydrogen-bond acceptors (Lipinski definition) is 3. The van der Waals surface area contributed by atoms with Crippen molar-refractivity contribution in [2.45, 2.75) is 32.0 Å². The van der Waals surface area contributed by atoms with Gasteiger partial charge in [0.15, 0.2) is 0 Å². The van der Waals surface area contributed by atoms with Gasteiger partial charge in [0.2, 0.25) is 5.91 Å². The van der Waals surface area contributed by atoms with Crippen LogP contribution < -0.4 is 10.1 Å². The number of nitrogens with zero attached hydrogens (tertiary/aromatic N) is 1. The Hall–Kier alpha value is -3.67. The van der Waals surface area contributed by atoms with E-state index in [-0.39, 0.29) is 24.2 Å². The van der Waals surface area contributed by atoms with E-state index in [0.717, 1.165) is 16.7 Å². The van der Waals surface area contributed by atoms with Crippen LogP contribution in [0.5, 0.6) is 5.75 Å². The van der Waals surface area contributed by atoms with Crippen molar-refractivity contribution in [3.63, 3.8) is 0 Å². The lowest BCUT2D eigenvalue weighted by molar-refractivity contribution is -0.132. The van der Waals surface area contributed by atoms with Crippen molar-refractivity contribution in [3.8, 4) is 5.75 Å². The van der Waals surface area contributed by atoms with E-state index < -0.39 is 5.54 Å². The lowest BCUT2D eigenvalue weighted by atomic mass is 9.82. The second-order valence-corrected chi connectivity index (χ2v) is 8.16. The molecule has 6 heteroatoms. The number of nitrogens with one attached hydrogen (secondary N) is 1. The van der Waals surface area contributed by atoms with Crippen LogP contribution in [0.15, 0.2) is 72.8 Å². The number of amides is 2. The van der Waals surface area contributed by atoms with Gasteiger partial charge in [0.05, 0.1) is 7.11 Å². The summed E-state index contributed by atoms with van der Waals surface area (Å²) in [5.74, 6) is -0.0916. The molecule has 4 rings (SSSR count). The molecule has 1 N–H and O–H groups in total. The molecule has 5 nitrogen and oxygen atoms in total. The summed E-state index contributed by atoms with van der Waals surface area (Å²) >= 11 is 0. The summed E-state index contributed by atoms with van der Waals surface area (Å²) in [4.78, 5) is 28.5. The van der Waals surface area contributed by atoms with Crippen LogP contribution in [0.4, 0.5) is 4.39 Å². The van der Waals surface area contributed by atoms with Crippen molar-refractivity contribution in [1.82, 2.24) is 10.2 Å². The van der Waals surface area contributed by atoms with E-state index in [2.05, 4.69) is 5.32 Å². The van der Waals surface area contributed by atoms with Gasteiger partial charge in [-0.3, -0.25) is 9.59 Å². The van der Waals surface area contributed by atoms with Gasteiger partial charge in [0.25, 0.3) is 5.91 Å². The number of rotatable bonds is 6. The number of ether oxygens (including phenoxy) is 1. The first-order chi connectivity index (χ1) is 15.4. The number of carbonyl (C=O) groups excluding carboxylic acids is 2. The predicted octanol–water partition coefficient (Wildman–Crippen LogP) is 4.11. The van der Waals surface area contributed by atoms with Crippen LogP contribution in [0.1, 0.15) is 34.0 Å². The molecule has 32 heavy (non-hydrogen) atoms. The number of methoxy groups -OCH3 is 1. The topological polar surface area (TPSA) is 58.6 Å². The van der Waals surface area contributed by atoms with Gasteiger partial charge in [-0.15, -0.1) is 0 Å². The summed E-state index contributed by atoms with van der Waals surface area (Å²) in [5, 5.41) is 2.99. The Balaban J connectivity index is 1.62. The molecule has 164 valence electrons. The van der Waals surface area contributed by atoms with Gasteiger partial charge in [-0.05, 0) is 53.9 Å². The van der Waals surface area contributed by atoms with Crippen LogP contribution in [0.3, 0.4) is 0 Å². The van der Waals surface area contributed by atoms with Crippen LogP contribution in [0.2, 0.25) is 0 Å². The molecule has 2 amide bonds. The van der Waals surface area contributed by atoms with Crippen molar-refractivity contribution in [2.24, 2.45) is 0 Å². The van der Waals surface area contributed by atoms with E-state index in [9.17, 15) is 14.0 Å². The smallest absolute Gasteiger partial charge is 0.255 e. The van der Waals surface area contributed by atoms with E-state index in [1.165, 1.54) is 12.1 Å². The van der Waals surface area contributed by atoms with E-state index >= 15 is 0 Å². The quantitative estimate of drug-likeness (QED) is 0.638. The minimum absolute atomic E-state index is 0.205. The maximum absolute atomic E-state index is 13.5. The summed E-state index contributed by atoms with van der Waals surface area (Å²) in [6.45, 7) is 2.30. The lowest BCUT2D eigenvalue weighted by Gasteiger charge is -2.44. The first-order valence-corrected chi connectivity index (χ1v) is 10.5. The van der Waals surface area contributed by atoms with Gasteiger partial charge in [-0.1, -0.05) is 42.5 Å². The van der Waals surface area contributed by atoms with Crippen molar-refractivity contribution < 1.29 is 18.7 Å². The van der Waals surface area contributed by atoms with E-state index in [1.54, 1.807) is 37.1 Å². The van der Waals surface area contributed by atoms with Gasteiger partial charge in [0.1, 0.15) is 17.1 Å². The van der Waals surface area contributed by atoms with Gasteiger partial charge in [0, 0.05) is 25.1 Å². The van der Waals surface area contributed by atoms with E-state index in [4.69, 9.17) is 4.74 Å². The Morgan fingerprint density at radius 3 is 2.56 bits per heavy atom. The van der Waals surface area contributed by atoms with Gasteiger partial charge in [-0.25, -0.2) is 4.39 Å². The Kier molecular flexibility index (Phi) is 5.95. The van der Waals surface area contributed by atoms with E-state index in [0.29, 0.717) is 24.3 Å². The van der Waals surface area contributed by atoms with Crippen molar-refractivity contribution in [1.29, 1.82) is 0 Å². The zero-order valence-electron chi connectivity index (χ0n) is 18.1.